The SMILES string of the molecule is CC(O)C#C/C(F)=C/c1ccc(Cl)cc1. The van der Waals surface area contributed by atoms with Crippen LogP contribution in [0.3, 0.4) is 0 Å². The van der Waals surface area contributed by atoms with Crippen molar-refractivity contribution in [3.05, 3.63) is 40.7 Å². The third-order valence-electron chi connectivity index (χ3n) is 1.56. The predicted octanol–water partition coefficient (Wildman–Crippen LogP) is 3.03. The van der Waals surface area contributed by atoms with Crippen LogP contribution in [0.25, 0.3) is 6.08 Å². The summed E-state index contributed by atoms with van der Waals surface area (Å²) in [5.41, 5.74) is 0.678. The summed E-state index contributed by atoms with van der Waals surface area (Å²) in [6.07, 6.45) is 0.459. The number of hydrogen-bond donors (Lipinski definition) is 1. The molecule has 0 heterocycles. The molecule has 78 valence electrons. The van der Waals surface area contributed by atoms with Gasteiger partial charge >= 0.3 is 0 Å². The van der Waals surface area contributed by atoms with Crippen LogP contribution >= 0.6 is 11.6 Å². The molecular formula is C12H10ClFO. The highest BCUT2D eigenvalue weighted by Gasteiger charge is 1.92. The fraction of sp³-hybridized carbons (Fsp3) is 0.167. The van der Waals surface area contributed by atoms with E-state index in [0.717, 1.165) is 0 Å². The van der Waals surface area contributed by atoms with E-state index in [9.17, 15) is 4.39 Å². The smallest absolute Gasteiger partial charge is 0.173 e. The summed E-state index contributed by atoms with van der Waals surface area (Å²) < 4.78 is 13.1. The summed E-state index contributed by atoms with van der Waals surface area (Å²) in [6.45, 7) is 1.47. The normalized spacial score (nSPS) is 12.9. The van der Waals surface area contributed by atoms with Gasteiger partial charge in [0.1, 0.15) is 6.10 Å². The van der Waals surface area contributed by atoms with Crippen molar-refractivity contribution in [2.75, 3.05) is 0 Å². The zero-order valence-electron chi connectivity index (χ0n) is 8.17. The van der Waals surface area contributed by atoms with Crippen molar-refractivity contribution in [2.45, 2.75) is 13.0 Å². The zero-order valence-corrected chi connectivity index (χ0v) is 8.92. The van der Waals surface area contributed by atoms with Crippen LogP contribution in [-0.4, -0.2) is 11.2 Å². The van der Waals surface area contributed by atoms with Crippen molar-refractivity contribution in [1.29, 1.82) is 0 Å². The van der Waals surface area contributed by atoms with Crippen molar-refractivity contribution < 1.29 is 9.50 Å². The average molecular weight is 225 g/mol. The van der Waals surface area contributed by atoms with Gasteiger partial charge in [-0.25, -0.2) is 0 Å². The monoisotopic (exact) mass is 224 g/mol. The predicted molar refractivity (Wildman–Crippen MR) is 60.0 cm³/mol. The number of allylic oxidation sites excluding steroid dienone is 1. The lowest BCUT2D eigenvalue weighted by molar-refractivity contribution is 0.253. The van der Waals surface area contributed by atoms with Gasteiger partial charge in [0.15, 0.2) is 5.83 Å². The van der Waals surface area contributed by atoms with Gasteiger partial charge in [0.05, 0.1) is 0 Å². The molecule has 1 atom stereocenters. The van der Waals surface area contributed by atoms with E-state index in [-0.39, 0.29) is 0 Å². The Morgan fingerprint density at radius 3 is 2.60 bits per heavy atom. The molecule has 0 spiro atoms. The Labute approximate surface area is 93.2 Å². The molecule has 3 heteroatoms. The Kier molecular flexibility index (Phi) is 4.36. The lowest BCUT2D eigenvalue weighted by Gasteiger charge is -1.93. The van der Waals surface area contributed by atoms with Crippen LogP contribution in [-0.2, 0) is 0 Å². The molecular weight excluding hydrogens is 215 g/mol. The second kappa shape index (κ2) is 5.55. The maximum atomic E-state index is 13.1. The van der Waals surface area contributed by atoms with Gasteiger partial charge in [0.25, 0.3) is 0 Å². The number of benzene rings is 1. The van der Waals surface area contributed by atoms with Crippen LogP contribution in [0.15, 0.2) is 30.1 Å². The van der Waals surface area contributed by atoms with Crippen LogP contribution in [0.2, 0.25) is 5.02 Å². The van der Waals surface area contributed by atoms with E-state index >= 15 is 0 Å². The van der Waals surface area contributed by atoms with E-state index in [1.54, 1.807) is 24.3 Å². The molecule has 1 rings (SSSR count). The first kappa shape index (κ1) is 11.8. The third-order valence-corrected chi connectivity index (χ3v) is 1.82. The lowest BCUT2D eigenvalue weighted by Crippen LogP contribution is -1.92. The average Bonchev–Trinajstić information content (AvgIpc) is 2.19. The Balaban J connectivity index is 2.80. The highest BCUT2D eigenvalue weighted by atomic mass is 35.5. The molecule has 1 N–H and O–H groups in total. The molecule has 0 saturated heterocycles. The summed E-state index contributed by atoms with van der Waals surface area (Å²) in [5.74, 6) is 3.93. The summed E-state index contributed by atoms with van der Waals surface area (Å²) in [6, 6.07) is 6.71. The van der Waals surface area contributed by atoms with Crippen molar-refractivity contribution >= 4 is 17.7 Å². The Hall–Kier alpha value is -1.30. The standard InChI is InChI=1S/C12H10ClFO/c1-9(15)2-7-12(14)8-10-3-5-11(13)6-4-10/h3-6,8-9,15H,1H3/b12-8-. The molecule has 1 nitrogen and oxygen atoms in total. The minimum Gasteiger partial charge on any atom is -0.381 e. The molecule has 0 aliphatic carbocycles. The van der Waals surface area contributed by atoms with E-state index in [4.69, 9.17) is 16.7 Å². The van der Waals surface area contributed by atoms with Crippen LogP contribution < -0.4 is 0 Å². The fourth-order valence-electron chi connectivity index (χ4n) is 0.915. The summed E-state index contributed by atoms with van der Waals surface area (Å²) in [5, 5.41) is 9.42. The maximum absolute atomic E-state index is 13.1. The van der Waals surface area contributed by atoms with Gasteiger partial charge in [-0.2, -0.15) is 4.39 Å². The number of halogens is 2. The minimum atomic E-state index is -0.825. The molecule has 0 fully saturated rings. The van der Waals surface area contributed by atoms with Crippen LogP contribution in [0.5, 0.6) is 0 Å². The molecule has 0 bridgehead atoms. The quantitative estimate of drug-likeness (QED) is 0.727. The van der Waals surface area contributed by atoms with Crippen molar-refractivity contribution in [1.82, 2.24) is 0 Å². The van der Waals surface area contributed by atoms with Gasteiger partial charge in [0, 0.05) is 5.02 Å². The minimum absolute atomic E-state index is 0.585. The fourth-order valence-corrected chi connectivity index (χ4v) is 1.04. The lowest BCUT2D eigenvalue weighted by atomic mass is 10.2. The van der Waals surface area contributed by atoms with Crippen molar-refractivity contribution in [2.24, 2.45) is 0 Å². The number of hydrogen-bond acceptors (Lipinski definition) is 1. The first-order chi connectivity index (χ1) is 7.08. The van der Waals surface area contributed by atoms with Gasteiger partial charge < -0.3 is 5.11 Å². The molecule has 15 heavy (non-hydrogen) atoms. The second-order valence-electron chi connectivity index (χ2n) is 2.99. The highest BCUT2D eigenvalue weighted by molar-refractivity contribution is 6.30. The summed E-state index contributed by atoms with van der Waals surface area (Å²) in [7, 11) is 0. The number of aliphatic hydroxyl groups is 1. The van der Waals surface area contributed by atoms with Gasteiger partial charge in [0.2, 0.25) is 0 Å². The first-order valence-corrected chi connectivity index (χ1v) is 4.78. The zero-order chi connectivity index (χ0) is 11.3. The van der Waals surface area contributed by atoms with E-state index in [1.807, 2.05) is 0 Å². The molecule has 1 aromatic carbocycles. The van der Waals surface area contributed by atoms with Gasteiger partial charge in [-0.05, 0) is 36.6 Å². The molecule has 0 radical (unpaired) electrons. The molecule has 0 aromatic heterocycles. The van der Waals surface area contributed by atoms with Gasteiger partial charge in [-0.15, -0.1) is 0 Å². The molecule has 1 unspecified atom stereocenters. The Morgan fingerprint density at radius 2 is 2.07 bits per heavy atom. The van der Waals surface area contributed by atoms with E-state index in [1.165, 1.54) is 13.0 Å². The third kappa shape index (κ3) is 4.64. The number of rotatable bonds is 1. The van der Waals surface area contributed by atoms with Gasteiger partial charge in [-0.3, -0.25) is 0 Å². The Morgan fingerprint density at radius 1 is 1.47 bits per heavy atom. The summed E-state index contributed by atoms with van der Waals surface area (Å²) >= 11 is 5.68. The second-order valence-corrected chi connectivity index (χ2v) is 3.43. The largest absolute Gasteiger partial charge is 0.381 e. The molecule has 0 aliphatic heterocycles. The highest BCUT2D eigenvalue weighted by Crippen LogP contribution is 2.12. The molecule has 1 aromatic rings. The molecule has 0 amide bonds. The van der Waals surface area contributed by atoms with Crippen molar-refractivity contribution in [3.8, 4) is 11.8 Å². The van der Waals surface area contributed by atoms with Crippen LogP contribution in [0.4, 0.5) is 4.39 Å². The maximum Gasteiger partial charge on any atom is 0.173 e. The summed E-state index contributed by atoms with van der Waals surface area (Å²) in [4.78, 5) is 0. The van der Waals surface area contributed by atoms with Crippen LogP contribution in [0, 0.1) is 11.8 Å². The van der Waals surface area contributed by atoms with Crippen molar-refractivity contribution in [3.63, 3.8) is 0 Å². The number of aliphatic hydroxyl groups excluding tert-OH is 1. The van der Waals surface area contributed by atoms with E-state index in [2.05, 4.69) is 11.8 Å². The topological polar surface area (TPSA) is 20.2 Å². The van der Waals surface area contributed by atoms with E-state index < -0.39 is 11.9 Å². The molecule has 0 saturated carbocycles. The van der Waals surface area contributed by atoms with Gasteiger partial charge in [-0.1, -0.05) is 29.7 Å². The Bertz CT molecular complexity index is 409. The van der Waals surface area contributed by atoms with E-state index in [0.29, 0.717) is 10.6 Å². The van der Waals surface area contributed by atoms with Crippen LogP contribution in [0.1, 0.15) is 12.5 Å². The molecule has 0 aliphatic rings. The first-order valence-electron chi connectivity index (χ1n) is 4.40.